The van der Waals surface area contributed by atoms with Gasteiger partial charge in [-0.25, -0.2) is 17.5 Å². The van der Waals surface area contributed by atoms with Crippen molar-refractivity contribution in [2.75, 3.05) is 0 Å². The minimum absolute atomic E-state index is 0.286. The average Bonchev–Trinajstić information content (AvgIpc) is 3.11. The molecule has 1 aromatic rings. The number of hydrogen-bond acceptors (Lipinski definition) is 3. The third-order valence-corrected chi connectivity index (χ3v) is 5.03. The number of benzene rings is 1. The number of halogens is 2. The Bertz CT molecular complexity index is 601. The molecule has 0 spiro atoms. The molecule has 2 rings (SSSR count). The Morgan fingerprint density at radius 2 is 2.05 bits per heavy atom. The lowest BCUT2D eigenvalue weighted by Crippen LogP contribution is -2.31. The summed E-state index contributed by atoms with van der Waals surface area (Å²) in [5.74, 6) is -0.686. The highest BCUT2D eigenvalue weighted by Gasteiger charge is 2.25. The molecule has 1 aliphatic rings. The van der Waals surface area contributed by atoms with E-state index in [-0.39, 0.29) is 10.9 Å². The quantitative estimate of drug-likeness (QED) is 0.815. The van der Waals surface area contributed by atoms with Crippen molar-refractivity contribution in [3.05, 3.63) is 28.0 Å². The number of rotatable bonds is 6. The van der Waals surface area contributed by atoms with Crippen LogP contribution in [0.2, 0.25) is 0 Å². The van der Waals surface area contributed by atoms with Gasteiger partial charge in [0.15, 0.2) is 0 Å². The molecule has 2 N–H and O–H groups in total. The van der Waals surface area contributed by atoms with Crippen molar-refractivity contribution in [2.24, 2.45) is 0 Å². The molecule has 1 aromatic carbocycles. The first-order valence-electron chi connectivity index (χ1n) is 6.53. The van der Waals surface area contributed by atoms with Gasteiger partial charge in [-0.05, 0) is 38.8 Å². The van der Waals surface area contributed by atoms with Crippen molar-refractivity contribution < 1.29 is 12.8 Å². The van der Waals surface area contributed by atoms with Crippen LogP contribution in [0.3, 0.4) is 0 Å². The third-order valence-electron chi connectivity index (χ3n) is 2.92. The minimum atomic E-state index is -3.84. The molecule has 0 unspecified atom stereocenters. The van der Waals surface area contributed by atoms with E-state index in [0.29, 0.717) is 22.6 Å². The van der Waals surface area contributed by atoms with E-state index in [1.807, 2.05) is 0 Å². The van der Waals surface area contributed by atoms with Gasteiger partial charge in [-0.15, -0.1) is 0 Å². The SMILES string of the molecule is CC(C)NS(=O)(=O)c1cc(Br)cc(CNC2CC2)c1F. The monoisotopic (exact) mass is 364 g/mol. The van der Waals surface area contributed by atoms with E-state index in [0.717, 1.165) is 12.8 Å². The van der Waals surface area contributed by atoms with Crippen LogP contribution < -0.4 is 10.0 Å². The molecule has 0 amide bonds. The molecule has 4 nitrogen and oxygen atoms in total. The molecule has 1 fully saturated rings. The van der Waals surface area contributed by atoms with E-state index < -0.39 is 15.8 Å². The average molecular weight is 365 g/mol. The van der Waals surface area contributed by atoms with Crippen LogP contribution in [-0.4, -0.2) is 20.5 Å². The van der Waals surface area contributed by atoms with Crippen LogP contribution in [-0.2, 0) is 16.6 Å². The molecule has 0 atom stereocenters. The van der Waals surface area contributed by atoms with Gasteiger partial charge in [0, 0.05) is 28.7 Å². The van der Waals surface area contributed by atoms with Crippen LogP contribution >= 0.6 is 15.9 Å². The van der Waals surface area contributed by atoms with Gasteiger partial charge in [0.2, 0.25) is 10.0 Å². The maximum Gasteiger partial charge on any atom is 0.243 e. The van der Waals surface area contributed by atoms with Crippen LogP contribution in [0.5, 0.6) is 0 Å². The molecule has 1 saturated carbocycles. The van der Waals surface area contributed by atoms with E-state index in [2.05, 4.69) is 26.0 Å². The Kier molecular flexibility index (Phi) is 4.84. The van der Waals surface area contributed by atoms with Crippen LogP contribution in [0, 0.1) is 5.82 Å². The van der Waals surface area contributed by atoms with Gasteiger partial charge in [0.05, 0.1) is 0 Å². The first-order valence-corrected chi connectivity index (χ1v) is 8.81. The predicted molar refractivity (Wildman–Crippen MR) is 79.4 cm³/mol. The second-order valence-corrected chi connectivity index (χ2v) is 7.91. The van der Waals surface area contributed by atoms with E-state index in [1.165, 1.54) is 6.07 Å². The molecular weight excluding hydrogens is 347 g/mol. The summed E-state index contributed by atoms with van der Waals surface area (Å²) in [6.07, 6.45) is 2.19. The van der Waals surface area contributed by atoms with Crippen LogP contribution in [0.4, 0.5) is 4.39 Å². The summed E-state index contributed by atoms with van der Waals surface area (Å²) < 4.78 is 41.6. The summed E-state index contributed by atoms with van der Waals surface area (Å²) in [5, 5.41) is 3.18. The van der Waals surface area contributed by atoms with Crippen molar-refractivity contribution in [2.45, 2.75) is 50.2 Å². The van der Waals surface area contributed by atoms with Crippen LogP contribution in [0.1, 0.15) is 32.3 Å². The van der Waals surface area contributed by atoms with Gasteiger partial charge in [-0.2, -0.15) is 0 Å². The van der Waals surface area contributed by atoms with Crippen molar-refractivity contribution in [1.29, 1.82) is 0 Å². The highest BCUT2D eigenvalue weighted by molar-refractivity contribution is 9.10. The van der Waals surface area contributed by atoms with Gasteiger partial charge >= 0.3 is 0 Å². The fourth-order valence-corrected chi connectivity index (χ4v) is 3.91. The largest absolute Gasteiger partial charge is 0.310 e. The summed E-state index contributed by atoms with van der Waals surface area (Å²) in [6.45, 7) is 3.73. The first kappa shape index (κ1) is 15.9. The van der Waals surface area contributed by atoms with Crippen molar-refractivity contribution >= 4 is 26.0 Å². The van der Waals surface area contributed by atoms with Crippen molar-refractivity contribution in [3.63, 3.8) is 0 Å². The zero-order valence-electron chi connectivity index (χ0n) is 11.4. The molecule has 0 aromatic heterocycles. The number of nitrogens with one attached hydrogen (secondary N) is 2. The maximum atomic E-state index is 14.4. The number of hydrogen-bond donors (Lipinski definition) is 2. The molecule has 0 radical (unpaired) electrons. The Hall–Kier alpha value is -0.500. The van der Waals surface area contributed by atoms with Gasteiger partial charge in [-0.3, -0.25) is 0 Å². The van der Waals surface area contributed by atoms with Crippen LogP contribution in [0.25, 0.3) is 0 Å². The normalized spacial score (nSPS) is 15.8. The molecule has 0 bridgehead atoms. The summed E-state index contributed by atoms with van der Waals surface area (Å²) in [5.41, 5.74) is 0.357. The highest BCUT2D eigenvalue weighted by Crippen LogP contribution is 2.26. The summed E-state index contributed by atoms with van der Waals surface area (Å²) in [6, 6.07) is 3.05. The Morgan fingerprint density at radius 3 is 2.60 bits per heavy atom. The summed E-state index contributed by atoms with van der Waals surface area (Å²) >= 11 is 3.24. The minimum Gasteiger partial charge on any atom is -0.310 e. The molecule has 1 aliphatic carbocycles. The molecule has 112 valence electrons. The molecule has 0 saturated heterocycles. The van der Waals surface area contributed by atoms with Gasteiger partial charge in [-0.1, -0.05) is 15.9 Å². The summed E-state index contributed by atoms with van der Waals surface area (Å²) in [4.78, 5) is -0.312. The second-order valence-electron chi connectivity index (χ2n) is 5.31. The van der Waals surface area contributed by atoms with E-state index in [9.17, 15) is 12.8 Å². The van der Waals surface area contributed by atoms with Crippen LogP contribution in [0.15, 0.2) is 21.5 Å². The van der Waals surface area contributed by atoms with Gasteiger partial charge in [0.25, 0.3) is 0 Å². The lowest BCUT2D eigenvalue weighted by Gasteiger charge is -2.13. The lowest BCUT2D eigenvalue weighted by molar-refractivity contribution is 0.536. The standard InChI is InChI=1S/C13H18BrFN2O2S/c1-8(2)17-20(18,19)12-6-10(14)5-9(13(12)15)7-16-11-3-4-11/h5-6,8,11,16-17H,3-4,7H2,1-2H3. The zero-order valence-corrected chi connectivity index (χ0v) is 13.8. The second kappa shape index (κ2) is 6.09. The lowest BCUT2D eigenvalue weighted by atomic mass is 10.2. The fourth-order valence-electron chi connectivity index (χ4n) is 1.86. The van der Waals surface area contributed by atoms with E-state index >= 15 is 0 Å². The van der Waals surface area contributed by atoms with E-state index in [1.54, 1.807) is 19.9 Å². The van der Waals surface area contributed by atoms with Crippen molar-refractivity contribution in [3.8, 4) is 0 Å². The Balaban J connectivity index is 2.32. The first-order chi connectivity index (χ1) is 9.29. The summed E-state index contributed by atoms with van der Waals surface area (Å²) in [7, 11) is -3.84. The van der Waals surface area contributed by atoms with E-state index in [4.69, 9.17) is 0 Å². The van der Waals surface area contributed by atoms with Crippen molar-refractivity contribution in [1.82, 2.24) is 10.0 Å². The van der Waals surface area contributed by atoms with Gasteiger partial charge in [0.1, 0.15) is 10.7 Å². The smallest absolute Gasteiger partial charge is 0.243 e. The highest BCUT2D eigenvalue weighted by atomic mass is 79.9. The number of sulfonamides is 1. The molecule has 20 heavy (non-hydrogen) atoms. The third kappa shape index (κ3) is 4.00. The Morgan fingerprint density at radius 1 is 1.40 bits per heavy atom. The topological polar surface area (TPSA) is 58.2 Å². The molecule has 0 aliphatic heterocycles. The molecule has 7 heteroatoms. The fraction of sp³-hybridized carbons (Fsp3) is 0.538. The molecular formula is C13H18BrFN2O2S. The molecule has 0 heterocycles. The predicted octanol–water partition coefficient (Wildman–Crippen LogP) is 2.53. The maximum absolute atomic E-state index is 14.4. The Labute approximate surface area is 127 Å². The zero-order chi connectivity index (χ0) is 14.9. The van der Waals surface area contributed by atoms with Gasteiger partial charge < -0.3 is 5.32 Å².